The lowest BCUT2D eigenvalue weighted by molar-refractivity contribution is 0.0996. The van der Waals surface area contributed by atoms with Gasteiger partial charge in [0.05, 0.1) is 0 Å². The highest BCUT2D eigenvalue weighted by Gasteiger charge is 2.21. The smallest absolute Gasteiger partial charge is 0.294 e. The van der Waals surface area contributed by atoms with Crippen LogP contribution in [0.2, 0.25) is 0 Å². The average Bonchev–Trinajstić information content (AvgIpc) is 3.11. The summed E-state index contributed by atoms with van der Waals surface area (Å²) in [6.07, 6.45) is 3.25. The summed E-state index contributed by atoms with van der Waals surface area (Å²) >= 11 is 0. The third-order valence-electron chi connectivity index (χ3n) is 4.10. The molecule has 29 heavy (non-hydrogen) atoms. The highest BCUT2D eigenvalue weighted by Crippen LogP contribution is 2.25. The zero-order valence-corrected chi connectivity index (χ0v) is 15.7. The van der Waals surface area contributed by atoms with Crippen LogP contribution in [0.1, 0.15) is 22.0 Å². The van der Waals surface area contributed by atoms with Gasteiger partial charge in [-0.3, -0.25) is 9.78 Å². The van der Waals surface area contributed by atoms with Crippen molar-refractivity contribution in [3.8, 4) is 22.8 Å². The van der Waals surface area contributed by atoms with Crippen molar-refractivity contribution in [3.05, 3.63) is 77.9 Å². The predicted octanol–water partition coefficient (Wildman–Crippen LogP) is 4.20. The fraction of sp³-hybridized carbons (Fsp3) is 0.0952. The normalized spacial score (nSPS) is 10.7. The second-order valence-corrected chi connectivity index (χ2v) is 6.36. The number of aromatic nitrogens is 4. The summed E-state index contributed by atoms with van der Waals surface area (Å²) in [6.45, 7) is 3.57. The van der Waals surface area contributed by atoms with E-state index >= 15 is 0 Å². The topological polar surface area (TPSA) is 93.8 Å². The Morgan fingerprint density at radius 2 is 1.79 bits per heavy atom. The Hall–Kier alpha value is -3.94. The van der Waals surface area contributed by atoms with Crippen LogP contribution in [-0.2, 0) is 0 Å². The Morgan fingerprint density at radius 3 is 2.52 bits per heavy atom. The summed E-state index contributed by atoms with van der Waals surface area (Å²) in [7, 11) is 0. The Balaban J connectivity index is 1.61. The van der Waals surface area contributed by atoms with Gasteiger partial charge in [-0.1, -0.05) is 6.07 Å². The summed E-state index contributed by atoms with van der Waals surface area (Å²) < 4.78 is 18.7. The van der Waals surface area contributed by atoms with Crippen LogP contribution < -0.4 is 5.32 Å². The number of hydrogen-bond donors (Lipinski definition) is 1. The van der Waals surface area contributed by atoms with E-state index in [1.165, 1.54) is 30.5 Å². The molecule has 0 spiro atoms. The molecule has 0 aliphatic heterocycles. The molecule has 0 saturated carbocycles. The molecule has 4 rings (SSSR count). The minimum Gasteiger partial charge on any atom is -0.435 e. The van der Waals surface area contributed by atoms with Crippen LogP contribution in [0.25, 0.3) is 22.8 Å². The highest BCUT2D eigenvalue weighted by molar-refractivity contribution is 6.05. The molecule has 3 heterocycles. The van der Waals surface area contributed by atoms with Crippen molar-refractivity contribution in [1.29, 1.82) is 0 Å². The molecule has 144 valence electrons. The second-order valence-electron chi connectivity index (χ2n) is 6.36. The number of nitrogens with one attached hydrogen (secondary N) is 1. The van der Waals surface area contributed by atoms with E-state index in [0.717, 1.165) is 5.56 Å². The third-order valence-corrected chi connectivity index (χ3v) is 4.10. The van der Waals surface area contributed by atoms with Crippen molar-refractivity contribution < 1.29 is 13.6 Å². The molecule has 0 fully saturated rings. The van der Waals surface area contributed by atoms with E-state index in [1.807, 2.05) is 19.1 Å². The van der Waals surface area contributed by atoms with E-state index in [0.29, 0.717) is 34.5 Å². The number of carbonyl (C=O) groups is 1. The van der Waals surface area contributed by atoms with Crippen LogP contribution in [0.15, 0.2) is 59.3 Å². The fourth-order valence-electron chi connectivity index (χ4n) is 2.71. The monoisotopic (exact) mass is 389 g/mol. The van der Waals surface area contributed by atoms with E-state index < -0.39 is 5.91 Å². The first-order valence-electron chi connectivity index (χ1n) is 8.80. The SMILES string of the molecule is Cc1ccc(-c2nccc(NC(=O)c3oc(C)nc3-c3ccc(F)cc3)n2)nc1. The molecule has 1 N–H and O–H groups in total. The number of amides is 1. The van der Waals surface area contributed by atoms with Crippen LogP contribution in [0, 0.1) is 19.7 Å². The molecule has 1 aromatic carbocycles. The maximum atomic E-state index is 13.2. The van der Waals surface area contributed by atoms with Gasteiger partial charge in [0.25, 0.3) is 5.91 Å². The first kappa shape index (κ1) is 18.4. The molecule has 7 nitrogen and oxygen atoms in total. The number of carbonyl (C=O) groups excluding carboxylic acids is 1. The van der Waals surface area contributed by atoms with Gasteiger partial charge in [-0.2, -0.15) is 0 Å². The van der Waals surface area contributed by atoms with Gasteiger partial charge in [0, 0.05) is 24.9 Å². The van der Waals surface area contributed by atoms with Gasteiger partial charge in [-0.05, 0) is 48.9 Å². The molecule has 4 aromatic rings. The lowest BCUT2D eigenvalue weighted by atomic mass is 10.1. The molecule has 0 saturated heterocycles. The minimum absolute atomic E-state index is 0.0164. The van der Waals surface area contributed by atoms with Crippen molar-refractivity contribution in [1.82, 2.24) is 19.9 Å². The fourth-order valence-corrected chi connectivity index (χ4v) is 2.71. The van der Waals surface area contributed by atoms with Crippen LogP contribution in [-0.4, -0.2) is 25.8 Å². The molecular weight excluding hydrogens is 373 g/mol. The minimum atomic E-state index is -0.522. The standard InChI is InChI=1S/C21H16FN5O2/c1-12-3-8-16(24-11-12)20-23-10-9-17(26-20)27-21(28)19-18(25-13(2)29-19)14-4-6-15(22)7-5-14/h3-11H,1-2H3,(H,23,26,27,28). The van der Waals surface area contributed by atoms with Crippen molar-refractivity contribution in [2.45, 2.75) is 13.8 Å². The van der Waals surface area contributed by atoms with E-state index in [2.05, 4.69) is 25.3 Å². The lowest BCUT2D eigenvalue weighted by Gasteiger charge is -2.06. The first-order valence-corrected chi connectivity index (χ1v) is 8.80. The van der Waals surface area contributed by atoms with Crippen LogP contribution in [0.5, 0.6) is 0 Å². The Labute approximate surface area is 165 Å². The first-order chi connectivity index (χ1) is 14.0. The summed E-state index contributed by atoms with van der Waals surface area (Å²) in [5.41, 5.74) is 2.51. The van der Waals surface area contributed by atoms with E-state index in [-0.39, 0.29) is 11.6 Å². The van der Waals surface area contributed by atoms with Gasteiger partial charge in [0.2, 0.25) is 5.76 Å². The van der Waals surface area contributed by atoms with E-state index in [9.17, 15) is 9.18 Å². The number of rotatable bonds is 4. The lowest BCUT2D eigenvalue weighted by Crippen LogP contribution is -2.13. The molecule has 1 amide bonds. The summed E-state index contributed by atoms with van der Waals surface area (Å²) in [6, 6.07) is 10.9. The van der Waals surface area contributed by atoms with Crippen LogP contribution in [0.4, 0.5) is 10.2 Å². The maximum Gasteiger partial charge on any atom is 0.294 e. The van der Waals surface area contributed by atoms with Crippen molar-refractivity contribution in [2.24, 2.45) is 0 Å². The molecule has 0 aliphatic rings. The molecule has 0 aliphatic carbocycles. The van der Waals surface area contributed by atoms with Gasteiger partial charge >= 0.3 is 0 Å². The predicted molar refractivity (Wildman–Crippen MR) is 105 cm³/mol. The number of halogens is 1. The average molecular weight is 389 g/mol. The molecule has 0 unspecified atom stereocenters. The summed E-state index contributed by atoms with van der Waals surface area (Å²) in [5, 5.41) is 2.69. The van der Waals surface area contributed by atoms with Gasteiger partial charge in [-0.25, -0.2) is 19.3 Å². The van der Waals surface area contributed by atoms with Crippen molar-refractivity contribution in [2.75, 3.05) is 5.32 Å². The van der Waals surface area contributed by atoms with Crippen LogP contribution >= 0.6 is 0 Å². The van der Waals surface area contributed by atoms with Crippen LogP contribution in [0.3, 0.4) is 0 Å². The second kappa shape index (κ2) is 7.59. The Morgan fingerprint density at radius 1 is 1.00 bits per heavy atom. The van der Waals surface area contributed by atoms with Gasteiger partial charge in [0.1, 0.15) is 23.0 Å². The molecular formula is C21H16FN5O2. The number of nitrogens with zero attached hydrogens (tertiary/aromatic N) is 4. The quantitative estimate of drug-likeness (QED) is 0.562. The van der Waals surface area contributed by atoms with Crippen molar-refractivity contribution >= 4 is 11.7 Å². The largest absolute Gasteiger partial charge is 0.435 e. The number of hydrogen-bond acceptors (Lipinski definition) is 6. The number of aryl methyl sites for hydroxylation is 2. The van der Waals surface area contributed by atoms with E-state index in [4.69, 9.17) is 4.42 Å². The number of anilines is 1. The number of oxazole rings is 1. The summed E-state index contributed by atoms with van der Waals surface area (Å²) in [4.78, 5) is 29.9. The Bertz CT molecular complexity index is 1170. The molecule has 0 bridgehead atoms. The van der Waals surface area contributed by atoms with Gasteiger partial charge < -0.3 is 9.73 Å². The van der Waals surface area contributed by atoms with Gasteiger partial charge in [-0.15, -0.1) is 0 Å². The molecule has 8 heteroatoms. The Kier molecular flexibility index (Phi) is 4.82. The number of benzene rings is 1. The van der Waals surface area contributed by atoms with Crippen molar-refractivity contribution in [3.63, 3.8) is 0 Å². The molecule has 3 aromatic heterocycles. The number of pyridine rings is 1. The summed E-state index contributed by atoms with van der Waals surface area (Å²) in [5.74, 6) is 0.117. The zero-order valence-electron chi connectivity index (χ0n) is 15.7. The van der Waals surface area contributed by atoms with Gasteiger partial charge in [0.15, 0.2) is 11.7 Å². The third kappa shape index (κ3) is 4.01. The molecule has 0 radical (unpaired) electrons. The molecule has 0 atom stereocenters. The highest BCUT2D eigenvalue weighted by atomic mass is 19.1. The van der Waals surface area contributed by atoms with E-state index in [1.54, 1.807) is 19.2 Å². The maximum absolute atomic E-state index is 13.2. The zero-order chi connectivity index (χ0) is 20.4.